The highest BCUT2D eigenvalue weighted by Gasteiger charge is 2.31. The van der Waals surface area contributed by atoms with E-state index in [1.54, 1.807) is 37.5 Å². The Hall–Kier alpha value is -2.75. The molecule has 0 radical (unpaired) electrons. The van der Waals surface area contributed by atoms with Gasteiger partial charge in [-0.2, -0.15) is 0 Å². The smallest absolute Gasteiger partial charge is 0.269 e. The summed E-state index contributed by atoms with van der Waals surface area (Å²) >= 11 is 6.53. The third kappa shape index (κ3) is 5.41. The van der Waals surface area contributed by atoms with Crippen molar-refractivity contribution in [3.05, 3.63) is 74.7 Å². The van der Waals surface area contributed by atoms with Gasteiger partial charge < -0.3 is 9.47 Å². The number of nitrogens with zero attached hydrogens (tertiary/aromatic N) is 2. The minimum Gasteiger partial charge on any atom is -0.489 e. The summed E-state index contributed by atoms with van der Waals surface area (Å²) in [6, 6.07) is 13.6. The van der Waals surface area contributed by atoms with Crippen molar-refractivity contribution in [2.45, 2.75) is 6.61 Å². The molecular weight excluding hydrogens is 412 g/mol. The van der Waals surface area contributed by atoms with Crippen LogP contribution in [0.4, 0.5) is 5.69 Å². The molecule has 150 valence electrons. The van der Waals surface area contributed by atoms with E-state index in [1.807, 2.05) is 12.1 Å². The number of non-ortho nitro benzene ring substituents is 1. The Bertz CT molecular complexity index is 960. The summed E-state index contributed by atoms with van der Waals surface area (Å²) in [5, 5.41) is 10.8. The van der Waals surface area contributed by atoms with Gasteiger partial charge in [0, 0.05) is 19.2 Å². The van der Waals surface area contributed by atoms with Gasteiger partial charge in [0.25, 0.3) is 11.6 Å². The minimum absolute atomic E-state index is 0.0317. The first-order valence-electron chi connectivity index (χ1n) is 8.68. The number of nitro groups is 1. The molecule has 1 saturated heterocycles. The van der Waals surface area contributed by atoms with Gasteiger partial charge in [-0.1, -0.05) is 48.2 Å². The Labute approximate surface area is 177 Å². The van der Waals surface area contributed by atoms with E-state index in [1.165, 1.54) is 28.8 Å². The Morgan fingerprint density at radius 3 is 2.69 bits per heavy atom. The van der Waals surface area contributed by atoms with E-state index in [4.69, 9.17) is 21.7 Å². The van der Waals surface area contributed by atoms with E-state index in [9.17, 15) is 14.9 Å². The molecule has 1 amide bonds. The lowest BCUT2D eigenvalue weighted by molar-refractivity contribution is -0.384. The van der Waals surface area contributed by atoms with Crippen molar-refractivity contribution >= 4 is 46.0 Å². The molecule has 0 saturated carbocycles. The van der Waals surface area contributed by atoms with Crippen molar-refractivity contribution in [1.82, 2.24) is 4.90 Å². The van der Waals surface area contributed by atoms with Crippen LogP contribution < -0.4 is 4.74 Å². The van der Waals surface area contributed by atoms with Gasteiger partial charge in [0.1, 0.15) is 16.7 Å². The normalized spacial score (nSPS) is 15.2. The SMILES string of the molecule is COCCN1C(=O)C(=Cc2ccc(OCc3cccc([N+](=O)[O-])c3)cc2)SC1=S. The second-order valence-corrected chi connectivity index (χ2v) is 7.79. The molecule has 29 heavy (non-hydrogen) atoms. The Morgan fingerprint density at radius 1 is 1.24 bits per heavy atom. The van der Waals surface area contributed by atoms with Gasteiger partial charge in [-0.3, -0.25) is 19.8 Å². The first-order valence-corrected chi connectivity index (χ1v) is 9.91. The average molecular weight is 431 g/mol. The van der Waals surface area contributed by atoms with E-state index < -0.39 is 4.92 Å². The van der Waals surface area contributed by atoms with Gasteiger partial charge in [0.05, 0.1) is 23.0 Å². The molecular formula is C20H18N2O5S2. The van der Waals surface area contributed by atoms with Crippen LogP contribution >= 0.6 is 24.0 Å². The molecule has 3 rings (SSSR count). The second kappa shape index (κ2) is 9.64. The molecule has 1 heterocycles. The number of benzene rings is 2. The van der Waals surface area contributed by atoms with Crippen LogP contribution in [-0.2, 0) is 16.1 Å². The molecule has 1 fully saturated rings. The number of carbonyl (C=O) groups excluding carboxylic acids is 1. The topological polar surface area (TPSA) is 81.9 Å². The lowest BCUT2D eigenvalue weighted by Crippen LogP contribution is -2.31. The minimum atomic E-state index is -0.434. The molecule has 0 N–H and O–H groups in total. The van der Waals surface area contributed by atoms with Gasteiger partial charge in [0.15, 0.2) is 0 Å². The zero-order chi connectivity index (χ0) is 20.8. The highest BCUT2D eigenvalue weighted by atomic mass is 32.2. The van der Waals surface area contributed by atoms with Gasteiger partial charge >= 0.3 is 0 Å². The Kier molecular flexibility index (Phi) is 6.97. The number of nitro benzene ring substituents is 1. The average Bonchev–Trinajstić information content (AvgIpc) is 2.98. The molecule has 0 unspecified atom stereocenters. The van der Waals surface area contributed by atoms with E-state index in [0.29, 0.717) is 33.7 Å². The zero-order valence-corrected chi connectivity index (χ0v) is 17.2. The summed E-state index contributed by atoms with van der Waals surface area (Å²) in [6.07, 6.45) is 1.79. The van der Waals surface area contributed by atoms with Crippen LogP contribution in [0.25, 0.3) is 6.08 Å². The summed E-state index contributed by atoms with van der Waals surface area (Å²) in [5.74, 6) is 0.504. The largest absolute Gasteiger partial charge is 0.489 e. The number of rotatable bonds is 8. The lowest BCUT2D eigenvalue weighted by Gasteiger charge is -2.12. The predicted octanol–water partition coefficient (Wildman–Crippen LogP) is 4.02. The number of hydrogen-bond donors (Lipinski definition) is 0. The van der Waals surface area contributed by atoms with Crippen LogP contribution in [0.2, 0.25) is 0 Å². The maximum atomic E-state index is 12.4. The Morgan fingerprint density at radius 2 is 2.00 bits per heavy atom. The highest BCUT2D eigenvalue weighted by molar-refractivity contribution is 8.26. The zero-order valence-electron chi connectivity index (χ0n) is 15.6. The molecule has 1 aliphatic rings. The van der Waals surface area contributed by atoms with Crippen molar-refractivity contribution < 1.29 is 19.2 Å². The monoisotopic (exact) mass is 430 g/mol. The van der Waals surface area contributed by atoms with Crippen molar-refractivity contribution in [1.29, 1.82) is 0 Å². The van der Waals surface area contributed by atoms with Crippen LogP contribution in [0.5, 0.6) is 5.75 Å². The molecule has 2 aromatic carbocycles. The van der Waals surface area contributed by atoms with Gasteiger partial charge in [-0.25, -0.2) is 0 Å². The third-order valence-corrected chi connectivity index (χ3v) is 5.48. The predicted molar refractivity (Wildman–Crippen MR) is 116 cm³/mol. The lowest BCUT2D eigenvalue weighted by atomic mass is 10.2. The van der Waals surface area contributed by atoms with Gasteiger partial charge in [-0.15, -0.1) is 0 Å². The quantitative estimate of drug-likeness (QED) is 0.271. The van der Waals surface area contributed by atoms with Crippen LogP contribution in [0.15, 0.2) is 53.4 Å². The number of thiocarbonyl (C=S) groups is 1. The fraction of sp³-hybridized carbons (Fsp3) is 0.200. The molecule has 0 aromatic heterocycles. The van der Waals surface area contributed by atoms with E-state index in [-0.39, 0.29) is 18.2 Å². The number of methoxy groups -OCH3 is 1. The highest BCUT2D eigenvalue weighted by Crippen LogP contribution is 2.32. The summed E-state index contributed by atoms with van der Waals surface area (Å²) in [6.45, 7) is 1.08. The number of hydrogen-bond acceptors (Lipinski definition) is 7. The van der Waals surface area contributed by atoms with Crippen LogP contribution in [-0.4, -0.2) is 40.3 Å². The maximum absolute atomic E-state index is 12.4. The third-order valence-electron chi connectivity index (χ3n) is 4.10. The molecule has 0 bridgehead atoms. The molecule has 9 heteroatoms. The van der Waals surface area contributed by atoms with Crippen LogP contribution in [0.1, 0.15) is 11.1 Å². The molecule has 0 aliphatic carbocycles. The van der Waals surface area contributed by atoms with Crippen LogP contribution in [0, 0.1) is 10.1 Å². The molecule has 0 atom stereocenters. The summed E-state index contributed by atoms with van der Waals surface area (Å²) in [4.78, 5) is 25.0. The standard InChI is InChI=1S/C20H18N2O5S2/c1-26-10-9-21-19(23)18(29-20(21)28)12-14-5-7-17(8-6-14)27-13-15-3-2-4-16(11-15)22(24)25/h2-8,11-12H,9-10,13H2,1H3. The fourth-order valence-electron chi connectivity index (χ4n) is 2.61. The van der Waals surface area contributed by atoms with Crippen molar-refractivity contribution in [2.24, 2.45) is 0 Å². The van der Waals surface area contributed by atoms with E-state index in [0.717, 1.165) is 5.56 Å². The number of ether oxygens (including phenoxy) is 2. The molecule has 0 spiro atoms. The molecule has 2 aromatic rings. The number of carbonyl (C=O) groups is 1. The summed E-state index contributed by atoms with van der Waals surface area (Å²) in [7, 11) is 1.58. The fourth-order valence-corrected chi connectivity index (χ4v) is 3.92. The number of thioether (sulfide) groups is 1. The van der Waals surface area contributed by atoms with Crippen molar-refractivity contribution in [3.8, 4) is 5.75 Å². The maximum Gasteiger partial charge on any atom is 0.269 e. The summed E-state index contributed by atoms with van der Waals surface area (Å²) < 4.78 is 11.2. The summed E-state index contributed by atoms with van der Waals surface area (Å²) in [5.41, 5.74) is 1.59. The first kappa shape index (κ1) is 21.0. The van der Waals surface area contributed by atoms with E-state index in [2.05, 4.69) is 0 Å². The molecule has 7 nitrogen and oxygen atoms in total. The van der Waals surface area contributed by atoms with Crippen molar-refractivity contribution in [3.63, 3.8) is 0 Å². The first-order chi connectivity index (χ1) is 14.0. The van der Waals surface area contributed by atoms with Gasteiger partial charge in [-0.05, 0) is 29.3 Å². The van der Waals surface area contributed by atoms with E-state index >= 15 is 0 Å². The van der Waals surface area contributed by atoms with Crippen LogP contribution in [0.3, 0.4) is 0 Å². The second-order valence-electron chi connectivity index (χ2n) is 6.11. The molecule has 1 aliphatic heterocycles. The Balaban J connectivity index is 1.62. The van der Waals surface area contributed by atoms with Crippen molar-refractivity contribution in [2.75, 3.05) is 20.3 Å². The number of amides is 1. The van der Waals surface area contributed by atoms with Gasteiger partial charge in [0.2, 0.25) is 0 Å².